The highest BCUT2D eigenvalue weighted by Crippen LogP contribution is 2.36. The van der Waals surface area contributed by atoms with Crippen molar-refractivity contribution in [1.82, 2.24) is 0 Å². The number of methoxy groups -OCH3 is 2. The first-order valence-electron chi connectivity index (χ1n) is 8.82. The molecule has 0 spiro atoms. The van der Waals surface area contributed by atoms with E-state index in [0.717, 1.165) is 29.4 Å². The van der Waals surface area contributed by atoms with E-state index >= 15 is 0 Å². The zero-order valence-corrected chi connectivity index (χ0v) is 16.0. The molecule has 0 saturated carbocycles. The molecule has 0 bridgehead atoms. The zero-order chi connectivity index (χ0) is 19.0. The SMILES string of the molecule is COc1cc(OC)c(NC(=O)Cc2coc3cc4c(cc23)CCC4)cc1Cl. The molecule has 1 aliphatic rings. The smallest absolute Gasteiger partial charge is 0.229 e. The van der Waals surface area contributed by atoms with Gasteiger partial charge in [0.05, 0.1) is 37.6 Å². The Morgan fingerprint density at radius 2 is 1.85 bits per heavy atom. The van der Waals surface area contributed by atoms with Crippen LogP contribution >= 0.6 is 11.6 Å². The molecule has 1 amide bonds. The molecule has 0 saturated heterocycles. The van der Waals surface area contributed by atoms with Gasteiger partial charge in [-0.3, -0.25) is 4.79 Å². The van der Waals surface area contributed by atoms with Crippen molar-refractivity contribution >= 4 is 34.2 Å². The number of ether oxygens (including phenoxy) is 2. The van der Waals surface area contributed by atoms with Crippen molar-refractivity contribution in [3.05, 3.63) is 52.2 Å². The molecule has 27 heavy (non-hydrogen) atoms. The summed E-state index contributed by atoms with van der Waals surface area (Å²) in [4.78, 5) is 12.6. The van der Waals surface area contributed by atoms with E-state index in [2.05, 4.69) is 17.4 Å². The summed E-state index contributed by atoms with van der Waals surface area (Å²) in [5, 5.41) is 4.27. The number of furan rings is 1. The maximum absolute atomic E-state index is 12.6. The van der Waals surface area contributed by atoms with Crippen LogP contribution in [0.1, 0.15) is 23.1 Å². The highest BCUT2D eigenvalue weighted by Gasteiger charge is 2.18. The molecule has 0 aliphatic heterocycles. The number of fused-ring (bicyclic) bond motifs is 2. The molecule has 0 radical (unpaired) electrons. The fourth-order valence-electron chi connectivity index (χ4n) is 3.61. The second-order valence-corrected chi connectivity index (χ2v) is 7.05. The maximum atomic E-state index is 12.6. The van der Waals surface area contributed by atoms with E-state index in [0.29, 0.717) is 22.2 Å². The molecule has 3 aromatic rings. The van der Waals surface area contributed by atoms with Gasteiger partial charge in [-0.25, -0.2) is 0 Å². The van der Waals surface area contributed by atoms with Crippen LogP contribution in [-0.4, -0.2) is 20.1 Å². The van der Waals surface area contributed by atoms with Crippen LogP contribution in [0, 0.1) is 0 Å². The average Bonchev–Trinajstić information content (AvgIpc) is 3.26. The average molecular weight is 386 g/mol. The molecular weight excluding hydrogens is 366 g/mol. The quantitative estimate of drug-likeness (QED) is 0.687. The molecule has 0 unspecified atom stereocenters. The molecule has 0 fully saturated rings. The first-order chi connectivity index (χ1) is 13.1. The van der Waals surface area contributed by atoms with Crippen LogP contribution in [0.25, 0.3) is 11.0 Å². The van der Waals surface area contributed by atoms with Crippen LogP contribution in [0.15, 0.2) is 34.9 Å². The summed E-state index contributed by atoms with van der Waals surface area (Å²) in [6.07, 6.45) is 5.23. The van der Waals surface area contributed by atoms with Gasteiger partial charge in [0.2, 0.25) is 5.91 Å². The Hall–Kier alpha value is -2.66. The Balaban J connectivity index is 1.57. The molecule has 5 nitrogen and oxygen atoms in total. The van der Waals surface area contributed by atoms with Gasteiger partial charge >= 0.3 is 0 Å². The summed E-state index contributed by atoms with van der Waals surface area (Å²) in [5.41, 5.74) is 4.92. The third-order valence-electron chi connectivity index (χ3n) is 4.97. The second-order valence-electron chi connectivity index (χ2n) is 6.64. The predicted molar refractivity (Wildman–Crippen MR) is 105 cm³/mol. The van der Waals surface area contributed by atoms with Crippen LogP contribution in [0.2, 0.25) is 5.02 Å². The number of carbonyl (C=O) groups excluding carboxylic acids is 1. The Morgan fingerprint density at radius 3 is 2.59 bits per heavy atom. The largest absolute Gasteiger partial charge is 0.495 e. The lowest BCUT2D eigenvalue weighted by Crippen LogP contribution is -2.15. The van der Waals surface area contributed by atoms with Crippen molar-refractivity contribution in [2.24, 2.45) is 0 Å². The molecule has 1 heterocycles. The van der Waals surface area contributed by atoms with Crippen molar-refractivity contribution in [3.63, 3.8) is 0 Å². The van der Waals surface area contributed by atoms with Crippen molar-refractivity contribution in [2.45, 2.75) is 25.7 Å². The van der Waals surface area contributed by atoms with Gasteiger partial charge in [-0.2, -0.15) is 0 Å². The van der Waals surface area contributed by atoms with Gasteiger partial charge < -0.3 is 19.2 Å². The van der Waals surface area contributed by atoms with Gasteiger partial charge in [-0.1, -0.05) is 11.6 Å². The van der Waals surface area contributed by atoms with Crippen molar-refractivity contribution in [2.75, 3.05) is 19.5 Å². The Bertz CT molecular complexity index is 1020. The number of nitrogens with one attached hydrogen (secondary N) is 1. The molecule has 1 aliphatic carbocycles. The van der Waals surface area contributed by atoms with Gasteiger partial charge in [-0.05, 0) is 48.6 Å². The van der Waals surface area contributed by atoms with Crippen LogP contribution in [-0.2, 0) is 24.1 Å². The summed E-state index contributed by atoms with van der Waals surface area (Å²) < 4.78 is 16.2. The first-order valence-corrected chi connectivity index (χ1v) is 9.20. The summed E-state index contributed by atoms with van der Waals surface area (Å²) in [5.74, 6) is 0.804. The van der Waals surface area contributed by atoms with Crippen molar-refractivity contribution in [1.29, 1.82) is 0 Å². The molecule has 0 atom stereocenters. The van der Waals surface area contributed by atoms with E-state index in [1.165, 1.54) is 31.8 Å². The highest BCUT2D eigenvalue weighted by molar-refractivity contribution is 6.32. The molecule has 2 aromatic carbocycles. The fraction of sp³-hybridized carbons (Fsp3) is 0.286. The number of halogens is 1. The van der Waals surface area contributed by atoms with Gasteiger partial charge in [0.1, 0.15) is 17.1 Å². The Kier molecular flexibility index (Phi) is 4.70. The lowest BCUT2D eigenvalue weighted by molar-refractivity contribution is -0.115. The Labute approximate surface area is 162 Å². The second kappa shape index (κ2) is 7.16. The van der Waals surface area contributed by atoms with E-state index in [1.54, 1.807) is 18.4 Å². The van der Waals surface area contributed by atoms with E-state index in [9.17, 15) is 4.79 Å². The third-order valence-corrected chi connectivity index (χ3v) is 5.26. The molecule has 140 valence electrons. The van der Waals surface area contributed by atoms with Gasteiger partial charge in [0.25, 0.3) is 0 Å². The lowest BCUT2D eigenvalue weighted by atomic mass is 10.0. The summed E-state index contributed by atoms with van der Waals surface area (Å²) in [6.45, 7) is 0. The molecule has 4 rings (SSSR count). The number of hydrogen-bond donors (Lipinski definition) is 1. The number of aryl methyl sites for hydroxylation is 2. The maximum Gasteiger partial charge on any atom is 0.229 e. The number of carbonyl (C=O) groups is 1. The van der Waals surface area contributed by atoms with Crippen molar-refractivity contribution < 1.29 is 18.7 Å². The van der Waals surface area contributed by atoms with Gasteiger partial charge in [0.15, 0.2) is 0 Å². The zero-order valence-electron chi connectivity index (χ0n) is 15.2. The van der Waals surface area contributed by atoms with Gasteiger partial charge in [-0.15, -0.1) is 0 Å². The molecular formula is C21H20ClNO4. The van der Waals surface area contributed by atoms with E-state index in [-0.39, 0.29) is 12.3 Å². The number of amides is 1. The summed E-state index contributed by atoms with van der Waals surface area (Å²) in [6, 6.07) is 7.53. The van der Waals surface area contributed by atoms with Gasteiger partial charge in [0, 0.05) is 17.0 Å². The van der Waals surface area contributed by atoms with Crippen LogP contribution < -0.4 is 14.8 Å². The minimum absolute atomic E-state index is 0.169. The van der Waals surface area contributed by atoms with Crippen LogP contribution in [0.5, 0.6) is 11.5 Å². The third kappa shape index (κ3) is 3.35. The molecule has 1 aromatic heterocycles. The van der Waals surface area contributed by atoms with E-state index in [4.69, 9.17) is 25.5 Å². The molecule has 6 heteroatoms. The predicted octanol–water partition coefficient (Wildman–Crippen LogP) is 4.77. The number of anilines is 1. The molecule has 1 N–H and O–H groups in total. The Morgan fingerprint density at radius 1 is 1.11 bits per heavy atom. The summed E-state index contributed by atoms with van der Waals surface area (Å²) in [7, 11) is 3.06. The standard InChI is InChI=1S/C21H20ClNO4/c1-25-19-10-20(26-2)17(9-16(19)22)23-21(24)8-14-11-27-18-7-13-5-3-4-12(13)6-15(14)18/h6-7,9-11H,3-5,8H2,1-2H3,(H,23,24). The van der Waals surface area contributed by atoms with E-state index < -0.39 is 0 Å². The topological polar surface area (TPSA) is 60.7 Å². The number of rotatable bonds is 5. The van der Waals surface area contributed by atoms with Crippen LogP contribution in [0.3, 0.4) is 0 Å². The van der Waals surface area contributed by atoms with Crippen molar-refractivity contribution in [3.8, 4) is 11.5 Å². The monoisotopic (exact) mass is 385 g/mol. The fourth-order valence-corrected chi connectivity index (χ4v) is 3.85. The minimum atomic E-state index is -0.169. The number of benzene rings is 2. The highest BCUT2D eigenvalue weighted by atomic mass is 35.5. The number of hydrogen-bond acceptors (Lipinski definition) is 4. The van der Waals surface area contributed by atoms with E-state index in [1.807, 2.05) is 0 Å². The summed E-state index contributed by atoms with van der Waals surface area (Å²) >= 11 is 6.17. The normalized spacial score (nSPS) is 12.9. The first kappa shape index (κ1) is 17.7. The lowest BCUT2D eigenvalue weighted by Gasteiger charge is -2.13. The van der Waals surface area contributed by atoms with Crippen LogP contribution in [0.4, 0.5) is 5.69 Å². The minimum Gasteiger partial charge on any atom is -0.495 e.